The van der Waals surface area contributed by atoms with Crippen LogP contribution in [0.3, 0.4) is 0 Å². The van der Waals surface area contributed by atoms with E-state index in [1.54, 1.807) is 31.6 Å². The Morgan fingerprint density at radius 2 is 1.93 bits per heavy atom. The molecule has 27 heavy (non-hydrogen) atoms. The highest BCUT2D eigenvalue weighted by molar-refractivity contribution is 7.10. The highest BCUT2D eigenvalue weighted by Crippen LogP contribution is 2.25. The van der Waals surface area contributed by atoms with E-state index in [1.807, 2.05) is 53.9 Å². The molecule has 0 radical (unpaired) electrons. The van der Waals surface area contributed by atoms with Gasteiger partial charge in [-0.1, -0.05) is 30.0 Å². The molecule has 0 spiro atoms. The molecule has 5 heteroatoms. The first-order chi connectivity index (χ1) is 13.2. The smallest absolute Gasteiger partial charge is 0.228 e. The van der Waals surface area contributed by atoms with E-state index < -0.39 is 0 Å². The molecule has 0 aliphatic rings. The van der Waals surface area contributed by atoms with Gasteiger partial charge in [-0.05, 0) is 35.7 Å². The Bertz CT molecular complexity index is 984. The van der Waals surface area contributed by atoms with Gasteiger partial charge in [-0.15, -0.1) is 11.3 Å². The number of ether oxygens (including phenoxy) is 2. The third-order valence-electron chi connectivity index (χ3n) is 3.84. The number of nitrogens with one attached hydrogen (secondary N) is 1. The number of benzene rings is 2. The molecule has 0 saturated heterocycles. The maximum atomic E-state index is 12.4. The SMILES string of the molecule is COc1ccc(CC(=O)Nc2cccc(C#Cc3cccs3)c2)c(OC)c1. The van der Waals surface area contributed by atoms with Crippen LogP contribution in [-0.4, -0.2) is 20.1 Å². The van der Waals surface area contributed by atoms with Crippen molar-refractivity contribution in [1.82, 2.24) is 0 Å². The van der Waals surface area contributed by atoms with Crippen molar-refractivity contribution in [1.29, 1.82) is 0 Å². The number of hydrogen-bond donors (Lipinski definition) is 1. The van der Waals surface area contributed by atoms with E-state index in [4.69, 9.17) is 9.47 Å². The summed E-state index contributed by atoms with van der Waals surface area (Å²) in [5.74, 6) is 7.42. The Balaban J connectivity index is 1.69. The number of hydrogen-bond acceptors (Lipinski definition) is 4. The monoisotopic (exact) mass is 377 g/mol. The van der Waals surface area contributed by atoms with Gasteiger partial charge in [0.1, 0.15) is 11.5 Å². The van der Waals surface area contributed by atoms with Crippen LogP contribution in [0.15, 0.2) is 60.0 Å². The van der Waals surface area contributed by atoms with Gasteiger partial charge in [0, 0.05) is 22.9 Å². The molecular weight excluding hydrogens is 358 g/mol. The lowest BCUT2D eigenvalue weighted by molar-refractivity contribution is -0.115. The van der Waals surface area contributed by atoms with Crippen LogP contribution in [0.5, 0.6) is 11.5 Å². The Labute approximate surface area is 162 Å². The van der Waals surface area contributed by atoms with Crippen molar-refractivity contribution in [2.45, 2.75) is 6.42 Å². The third-order valence-corrected chi connectivity index (χ3v) is 4.63. The molecule has 1 heterocycles. The van der Waals surface area contributed by atoms with Crippen LogP contribution in [-0.2, 0) is 11.2 Å². The maximum absolute atomic E-state index is 12.4. The summed E-state index contributed by atoms with van der Waals surface area (Å²) in [6.45, 7) is 0. The molecule has 4 nitrogen and oxygen atoms in total. The van der Waals surface area contributed by atoms with Gasteiger partial charge >= 0.3 is 0 Å². The lowest BCUT2D eigenvalue weighted by atomic mass is 10.1. The number of amides is 1. The van der Waals surface area contributed by atoms with Crippen LogP contribution >= 0.6 is 11.3 Å². The molecule has 0 aliphatic heterocycles. The van der Waals surface area contributed by atoms with E-state index in [1.165, 1.54) is 0 Å². The van der Waals surface area contributed by atoms with Crippen LogP contribution in [0.25, 0.3) is 0 Å². The Hall–Kier alpha value is -3.23. The molecule has 3 aromatic rings. The first-order valence-corrected chi connectivity index (χ1v) is 9.22. The first-order valence-electron chi connectivity index (χ1n) is 8.34. The van der Waals surface area contributed by atoms with Gasteiger partial charge in [-0.2, -0.15) is 0 Å². The minimum Gasteiger partial charge on any atom is -0.497 e. The molecule has 2 aromatic carbocycles. The highest BCUT2D eigenvalue weighted by atomic mass is 32.1. The predicted octanol–water partition coefficient (Wildman–Crippen LogP) is 4.35. The average molecular weight is 377 g/mol. The molecule has 1 N–H and O–H groups in total. The lowest BCUT2D eigenvalue weighted by Crippen LogP contribution is -2.15. The zero-order valence-corrected chi connectivity index (χ0v) is 15.9. The molecule has 0 unspecified atom stereocenters. The molecule has 0 bridgehead atoms. The van der Waals surface area contributed by atoms with Crippen molar-refractivity contribution >= 4 is 22.9 Å². The van der Waals surface area contributed by atoms with Crippen LogP contribution in [0.1, 0.15) is 16.0 Å². The molecular formula is C22H19NO3S. The second-order valence-corrected chi connectivity index (χ2v) is 6.66. The summed E-state index contributed by atoms with van der Waals surface area (Å²) in [4.78, 5) is 13.4. The zero-order chi connectivity index (χ0) is 19.1. The second-order valence-electron chi connectivity index (χ2n) is 5.71. The molecule has 0 fully saturated rings. The number of rotatable bonds is 5. The normalized spacial score (nSPS) is 9.85. The van der Waals surface area contributed by atoms with Gasteiger partial charge in [0.2, 0.25) is 5.91 Å². The zero-order valence-electron chi connectivity index (χ0n) is 15.1. The van der Waals surface area contributed by atoms with Crippen LogP contribution in [0.2, 0.25) is 0 Å². The summed E-state index contributed by atoms with van der Waals surface area (Å²) in [7, 11) is 3.17. The summed E-state index contributed by atoms with van der Waals surface area (Å²) in [5.41, 5.74) is 2.36. The average Bonchev–Trinajstić information content (AvgIpc) is 3.20. The van der Waals surface area contributed by atoms with Gasteiger partial charge in [0.05, 0.1) is 25.5 Å². The molecule has 0 saturated carbocycles. The van der Waals surface area contributed by atoms with E-state index in [2.05, 4.69) is 17.2 Å². The minimum absolute atomic E-state index is 0.123. The molecule has 136 valence electrons. The molecule has 0 aliphatic carbocycles. The summed E-state index contributed by atoms with van der Waals surface area (Å²) in [6.07, 6.45) is 0.207. The number of methoxy groups -OCH3 is 2. The molecule has 1 amide bonds. The van der Waals surface area contributed by atoms with E-state index in [-0.39, 0.29) is 12.3 Å². The second kappa shape index (κ2) is 8.93. The fraction of sp³-hybridized carbons (Fsp3) is 0.136. The van der Waals surface area contributed by atoms with Crippen LogP contribution in [0, 0.1) is 11.8 Å². The van der Waals surface area contributed by atoms with E-state index in [0.29, 0.717) is 17.2 Å². The summed E-state index contributed by atoms with van der Waals surface area (Å²) >= 11 is 1.60. The van der Waals surface area contributed by atoms with Gasteiger partial charge in [-0.3, -0.25) is 4.79 Å². The maximum Gasteiger partial charge on any atom is 0.228 e. The van der Waals surface area contributed by atoms with Crippen molar-refractivity contribution in [3.8, 4) is 23.3 Å². The van der Waals surface area contributed by atoms with Gasteiger partial charge in [0.15, 0.2) is 0 Å². The number of anilines is 1. The van der Waals surface area contributed by atoms with Crippen molar-refractivity contribution in [2.75, 3.05) is 19.5 Å². The van der Waals surface area contributed by atoms with Crippen molar-refractivity contribution in [3.05, 3.63) is 76.0 Å². The van der Waals surface area contributed by atoms with Crippen LogP contribution < -0.4 is 14.8 Å². The molecule has 3 rings (SSSR count). The summed E-state index contributed by atoms with van der Waals surface area (Å²) in [5, 5.41) is 4.91. The fourth-order valence-corrected chi connectivity index (χ4v) is 3.11. The molecule has 1 aromatic heterocycles. The Morgan fingerprint density at radius 3 is 2.67 bits per heavy atom. The highest BCUT2D eigenvalue weighted by Gasteiger charge is 2.10. The first kappa shape index (κ1) is 18.6. The summed E-state index contributed by atoms with van der Waals surface area (Å²) < 4.78 is 10.5. The topological polar surface area (TPSA) is 47.6 Å². The van der Waals surface area contributed by atoms with Crippen molar-refractivity contribution < 1.29 is 14.3 Å². The third kappa shape index (κ3) is 5.13. The fourth-order valence-electron chi connectivity index (χ4n) is 2.53. The molecule has 0 atom stereocenters. The van der Waals surface area contributed by atoms with E-state index >= 15 is 0 Å². The van der Waals surface area contributed by atoms with Crippen molar-refractivity contribution in [2.24, 2.45) is 0 Å². The summed E-state index contributed by atoms with van der Waals surface area (Å²) in [6, 6.07) is 16.9. The van der Waals surface area contributed by atoms with E-state index in [9.17, 15) is 4.79 Å². The van der Waals surface area contributed by atoms with E-state index in [0.717, 1.165) is 16.0 Å². The van der Waals surface area contributed by atoms with Gasteiger partial charge in [0.25, 0.3) is 0 Å². The Morgan fingerprint density at radius 1 is 1.04 bits per heavy atom. The number of thiophene rings is 1. The number of carbonyl (C=O) groups is 1. The van der Waals surface area contributed by atoms with Gasteiger partial charge in [-0.25, -0.2) is 0 Å². The largest absolute Gasteiger partial charge is 0.497 e. The minimum atomic E-state index is -0.123. The van der Waals surface area contributed by atoms with Gasteiger partial charge < -0.3 is 14.8 Å². The Kier molecular flexibility index (Phi) is 6.14. The predicted molar refractivity (Wildman–Crippen MR) is 109 cm³/mol. The standard InChI is InChI=1S/C22H19NO3S/c1-25-19-10-9-17(21(15-19)26-2)14-22(24)23-18-6-3-5-16(13-18)8-11-20-7-4-12-27-20/h3-7,9-10,12-13,15H,14H2,1-2H3,(H,23,24). The number of carbonyl (C=O) groups excluding carboxylic acids is 1. The van der Waals surface area contributed by atoms with Crippen molar-refractivity contribution in [3.63, 3.8) is 0 Å². The quantitative estimate of drug-likeness (QED) is 0.673. The van der Waals surface area contributed by atoms with Crippen LogP contribution in [0.4, 0.5) is 5.69 Å². The lowest BCUT2D eigenvalue weighted by Gasteiger charge is -2.11.